The van der Waals surface area contributed by atoms with Gasteiger partial charge in [0.1, 0.15) is 5.75 Å². The fourth-order valence-corrected chi connectivity index (χ4v) is 3.01. The third-order valence-electron chi connectivity index (χ3n) is 4.52. The molecule has 1 N–H and O–H groups in total. The van der Waals surface area contributed by atoms with Crippen LogP contribution in [0.5, 0.6) is 5.75 Å². The van der Waals surface area contributed by atoms with Crippen molar-refractivity contribution < 1.29 is 14.3 Å². The van der Waals surface area contributed by atoms with Crippen LogP contribution in [-0.4, -0.2) is 36.4 Å². The van der Waals surface area contributed by atoms with Crippen molar-refractivity contribution in [3.8, 4) is 5.75 Å². The van der Waals surface area contributed by atoms with Crippen LogP contribution < -0.4 is 10.1 Å². The van der Waals surface area contributed by atoms with Gasteiger partial charge in [0.15, 0.2) is 0 Å². The van der Waals surface area contributed by atoms with E-state index in [1.165, 1.54) is 0 Å². The minimum atomic E-state index is -0.214. The molecule has 2 rings (SSSR count). The van der Waals surface area contributed by atoms with Crippen LogP contribution in [0.25, 0.3) is 0 Å². The fraction of sp³-hybridized carbons (Fsp3) is 0.417. The van der Waals surface area contributed by atoms with E-state index in [0.717, 1.165) is 44.5 Å². The summed E-state index contributed by atoms with van der Waals surface area (Å²) in [5, 5.41) is 2.88. The van der Waals surface area contributed by atoms with Gasteiger partial charge in [-0.25, -0.2) is 0 Å². The van der Waals surface area contributed by atoms with E-state index >= 15 is 0 Å². The molecule has 0 heterocycles. The van der Waals surface area contributed by atoms with Crippen molar-refractivity contribution in [2.45, 2.75) is 46.5 Å². The smallest absolute Gasteiger partial charge is 0.255 e. The molecule has 29 heavy (non-hydrogen) atoms. The van der Waals surface area contributed by atoms with E-state index in [0.29, 0.717) is 23.4 Å². The van der Waals surface area contributed by atoms with Gasteiger partial charge in [-0.2, -0.15) is 0 Å². The molecule has 0 unspecified atom stereocenters. The number of carbonyl (C=O) groups is 2. The zero-order chi connectivity index (χ0) is 21.1. The second kappa shape index (κ2) is 11.9. The Morgan fingerprint density at radius 2 is 1.59 bits per heavy atom. The molecule has 0 saturated heterocycles. The van der Waals surface area contributed by atoms with Crippen LogP contribution in [0.15, 0.2) is 48.5 Å². The topological polar surface area (TPSA) is 58.6 Å². The molecule has 0 radical (unpaired) electrons. The predicted molar refractivity (Wildman–Crippen MR) is 118 cm³/mol. The summed E-state index contributed by atoms with van der Waals surface area (Å²) in [7, 11) is 0. The molecule has 0 saturated carbocycles. The van der Waals surface area contributed by atoms with Crippen molar-refractivity contribution in [2.24, 2.45) is 0 Å². The van der Waals surface area contributed by atoms with Crippen LogP contribution in [0.4, 0.5) is 5.69 Å². The first-order chi connectivity index (χ1) is 14.1. The lowest BCUT2D eigenvalue weighted by atomic mass is 10.1. The number of amides is 2. The van der Waals surface area contributed by atoms with Crippen molar-refractivity contribution in [3.05, 3.63) is 59.7 Å². The summed E-state index contributed by atoms with van der Waals surface area (Å²) in [5.74, 6) is 0.543. The molecular weight excluding hydrogens is 364 g/mol. The zero-order valence-electron chi connectivity index (χ0n) is 17.7. The third kappa shape index (κ3) is 6.93. The average Bonchev–Trinajstić information content (AvgIpc) is 2.74. The maximum atomic E-state index is 12.8. The molecule has 0 aliphatic carbocycles. The average molecular weight is 397 g/mol. The number of benzene rings is 2. The van der Waals surface area contributed by atoms with Crippen molar-refractivity contribution in [3.63, 3.8) is 0 Å². The summed E-state index contributed by atoms with van der Waals surface area (Å²) in [6, 6.07) is 14.2. The molecule has 0 atom stereocenters. The molecule has 156 valence electrons. The lowest BCUT2D eigenvalue weighted by molar-refractivity contribution is 0.0755. The Balaban J connectivity index is 2.03. The van der Waals surface area contributed by atoms with Crippen LogP contribution in [0.1, 0.15) is 67.2 Å². The lowest BCUT2D eigenvalue weighted by Crippen LogP contribution is -2.32. The van der Waals surface area contributed by atoms with Gasteiger partial charge in [0.05, 0.1) is 6.61 Å². The molecule has 0 aromatic heterocycles. The van der Waals surface area contributed by atoms with Crippen molar-refractivity contribution in [1.29, 1.82) is 0 Å². The van der Waals surface area contributed by atoms with Crippen molar-refractivity contribution >= 4 is 17.5 Å². The van der Waals surface area contributed by atoms with Gasteiger partial charge in [0.25, 0.3) is 11.8 Å². The van der Waals surface area contributed by atoms with Gasteiger partial charge in [-0.3, -0.25) is 9.59 Å². The number of ether oxygens (including phenoxy) is 1. The highest BCUT2D eigenvalue weighted by Crippen LogP contribution is 2.17. The van der Waals surface area contributed by atoms with Gasteiger partial charge in [0, 0.05) is 29.9 Å². The van der Waals surface area contributed by atoms with Crippen LogP contribution in [0.3, 0.4) is 0 Å². The number of rotatable bonds is 11. The van der Waals surface area contributed by atoms with Crippen LogP contribution in [0, 0.1) is 0 Å². The maximum absolute atomic E-state index is 12.8. The molecule has 5 heteroatoms. The number of unbranched alkanes of at least 4 members (excludes halogenated alkanes) is 1. The summed E-state index contributed by atoms with van der Waals surface area (Å²) in [4.78, 5) is 27.2. The molecular formula is C24H32N2O3. The summed E-state index contributed by atoms with van der Waals surface area (Å²) < 4.78 is 5.63. The number of anilines is 1. The number of hydrogen-bond acceptors (Lipinski definition) is 3. The van der Waals surface area contributed by atoms with Crippen molar-refractivity contribution in [2.75, 3.05) is 25.0 Å². The predicted octanol–water partition coefficient (Wildman–Crippen LogP) is 5.38. The molecule has 2 aromatic carbocycles. The van der Waals surface area contributed by atoms with E-state index in [4.69, 9.17) is 4.74 Å². The molecule has 0 bridgehead atoms. The van der Waals surface area contributed by atoms with Gasteiger partial charge in [-0.1, -0.05) is 33.3 Å². The van der Waals surface area contributed by atoms with E-state index in [9.17, 15) is 9.59 Å². The van der Waals surface area contributed by atoms with E-state index in [1.54, 1.807) is 48.5 Å². The van der Waals surface area contributed by atoms with Gasteiger partial charge in [-0.15, -0.1) is 0 Å². The Kier molecular flexibility index (Phi) is 9.22. The molecule has 0 spiro atoms. The minimum Gasteiger partial charge on any atom is -0.494 e. The monoisotopic (exact) mass is 396 g/mol. The first-order valence-corrected chi connectivity index (χ1v) is 10.5. The Hall–Kier alpha value is -2.82. The number of carbonyl (C=O) groups excluding carboxylic acids is 2. The molecule has 0 aliphatic heterocycles. The summed E-state index contributed by atoms with van der Waals surface area (Å²) >= 11 is 0. The fourth-order valence-electron chi connectivity index (χ4n) is 3.01. The van der Waals surface area contributed by atoms with E-state index in [1.807, 2.05) is 4.90 Å². The molecule has 0 aliphatic rings. The number of nitrogens with zero attached hydrogens (tertiary/aromatic N) is 1. The zero-order valence-corrected chi connectivity index (χ0v) is 17.7. The highest BCUT2D eigenvalue weighted by molar-refractivity contribution is 6.05. The van der Waals surface area contributed by atoms with Crippen molar-refractivity contribution in [1.82, 2.24) is 4.90 Å². The summed E-state index contributed by atoms with van der Waals surface area (Å²) in [6.07, 6.45) is 3.92. The van der Waals surface area contributed by atoms with Crippen LogP contribution in [0.2, 0.25) is 0 Å². The Bertz CT molecular complexity index is 781. The second-order valence-corrected chi connectivity index (χ2v) is 7.05. The second-order valence-electron chi connectivity index (χ2n) is 7.05. The van der Waals surface area contributed by atoms with Gasteiger partial charge in [-0.05, 0) is 61.7 Å². The highest BCUT2D eigenvalue weighted by Gasteiger charge is 2.15. The largest absolute Gasteiger partial charge is 0.494 e. The standard InChI is InChI=1S/C24H32N2O3/c1-4-7-17-29-22-13-11-19(12-14-22)23(27)25-21-10-8-9-20(18-21)24(28)26(15-5-2)16-6-3/h8-14,18H,4-7,15-17H2,1-3H3,(H,25,27). The van der Waals surface area contributed by atoms with Crippen LogP contribution in [-0.2, 0) is 0 Å². The first-order valence-electron chi connectivity index (χ1n) is 10.5. The third-order valence-corrected chi connectivity index (χ3v) is 4.52. The van der Waals surface area contributed by atoms with Gasteiger partial charge < -0.3 is 15.0 Å². The quantitative estimate of drug-likeness (QED) is 0.519. The normalized spacial score (nSPS) is 10.4. The molecule has 0 fully saturated rings. The molecule has 5 nitrogen and oxygen atoms in total. The Morgan fingerprint density at radius 1 is 0.897 bits per heavy atom. The lowest BCUT2D eigenvalue weighted by Gasteiger charge is -2.21. The molecule has 2 aromatic rings. The van der Waals surface area contributed by atoms with Gasteiger partial charge in [0.2, 0.25) is 0 Å². The SMILES string of the molecule is CCCCOc1ccc(C(=O)Nc2cccc(C(=O)N(CCC)CCC)c2)cc1. The Morgan fingerprint density at radius 3 is 2.21 bits per heavy atom. The first kappa shape index (κ1) is 22.5. The number of hydrogen-bond donors (Lipinski definition) is 1. The van der Waals surface area contributed by atoms with Gasteiger partial charge >= 0.3 is 0 Å². The maximum Gasteiger partial charge on any atom is 0.255 e. The minimum absolute atomic E-state index is 0.00150. The van der Waals surface area contributed by atoms with Crippen LogP contribution >= 0.6 is 0 Å². The Labute approximate surface area is 174 Å². The summed E-state index contributed by atoms with van der Waals surface area (Å²) in [6.45, 7) is 8.38. The summed E-state index contributed by atoms with van der Waals surface area (Å²) in [5.41, 5.74) is 1.74. The van der Waals surface area contributed by atoms with E-state index < -0.39 is 0 Å². The number of nitrogens with one attached hydrogen (secondary N) is 1. The molecule has 2 amide bonds. The highest BCUT2D eigenvalue weighted by atomic mass is 16.5. The van der Waals surface area contributed by atoms with E-state index in [-0.39, 0.29) is 11.8 Å². The van der Waals surface area contributed by atoms with E-state index in [2.05, 4.69) is 26.1 Å².